The minimum Gasteiger partial charge on any atom is -0.480 e. The summed E-state index contributed by atoms with van der Waals surface area (Å²) >= 11 is 0. The zero-order chi connectivity index (χ0) is 22.6. The first-order valence-electron chi connectivity index (χ1n) is 9.73. The van der Waals surface area contributed by atoms with Crippen molar-refractivity contribution in [2.24, 2.45) is 0 Å². The van der Waals surface area contributed by atoms with Crippen LogP contribution in [-0.4, -0.2) is 28.8 Å². The Morgan fingerprint density at radius 1 is 1.16 bits per heavy atom. The van der Waals surface area contributed by atoms with Crippen LogP contribution in [0.5, 0.6) is 5.88 Å². The Labute approximate surface area is 181 Å². The minimum absolute atomic E-state index is 0.232. The molecule has 31 heavy (non-hydrogen) atoms. The summed E-state index contributed by atoms with van der Waals surface area (Å²) in [4.78, 5) is 20.9. The Kier molecular flexibility index (Phi) is 6.21. The molecule has 1 aromatic carbocycles. The maximum absolute atomic E-state index is 12.0. The van der Waals surface area contributed by atoms with Crippen LogP contribution in [0, 0.1) is 18.3 Å². The lowest BCUT2D eigenvalue weighted by Gasteiger charge is -2.19. The molecule has 2 aromatic heterocycles. The highest BCUT2D eigenvalue weighted by atomic mass is 16.6. The fraction of sp³-hybridized carbons (Fsp3) is 0.250. The van der Waals surface area contributed by atoms with Crippen molar-refractivity contribution in [3.05, 3.63) is 59.8 Å². The number of hydrogen-bond donors (Lipinski definition) is 1. The largest absolute Gasteiger partial charge is 0.480 e. The first kappa shape index (κ1) is 21.8. The highest BCUT2D eigenvalue weighted by Gasteiger charge is 2.18. The van der Waals surface area contributed by atoms with Crippen molar-refractivity contribution < 1.29 is 14.3 Å². The third kappa shape index (κ3) is 5.17. The van der Waals surface area contributed by atoms with Crippen LogP contribution in [0.4, 0.5) is 10.5 Å². The van der Waals surface area contributed by atoms with Gasteiger partial charge in [0.2, 0.25) is 5.88 Å². The van der Waals surface area contributed by atoms with E-state index in [-0.39, 0.29) is 5.88 Å². The molecule has 1 N–H and O–H groups in total. The number of anilines is 1. The number of pyridine rings is 2. The van der Waals surface area contributed by atoms with Crippen molar-refractivity contribution in [3.63, 3.8) is 0 Å². The van der Waals surface area contributed by atoms with Crippen molar-refractivity contribution in [1.29, 1.82) is 5.26 Å². The summed E-state index contributed by atoms with van der Waals surface area (Å²) in [5, 5.41) is 12.4. The Morgan fingerprint density at radius 3 is 2.45 bits per heavy atom. The van der Waals surface area contributed by atoms with Crippen molar-refractivity contribution >= 4 is 11.8 Å². The number of carbonyl (C=O) groups excluding carboxylic acids is 1. The van der Waals surface area contributed by atoms with Crippen LogP contribution < -0.4 is 10.1 Å². The molecule has 0 aliphatic carbocycles. The smallest absolute Gasteiger partial charge is 0.412 e. The maximum atomic E-state index is 12.0. The fourth-order valence-corrected chi connectivity index (χ4v) is 3.03. The van der Waals surface area contributed by atoms with Gasteiger partial charge in [-0.3, -0.25) is 10.3 Å². The molecule has 0 bridgehead atoms. The molecule has 7 nitrogen and oxygen atoms in total. The molecule has 1 amide bonds. The van der Waals surface area contributed by atoms with E-state index in [0.717, 1.165) is 16.8 Å². The number of nitriles is 1. The zero-order valence-corrected chi connectivity index (χ0v) is 18.2. The first-order chi connectivity index (χ1) is 14.7. The van der Waals surface area contributed by atoms with E-state index in [0.29, 0.717) is 22.5 Å². The molecule has 0 aliphatic heterocycles. The number of aryl methyl sites for hydroxylation is 1. The van der Waals surface area contributed by atoms with Crippen LogP contribution in [-0.2, 0) is 4.74 Å². The lowest BCUT2D eigenvalue weighted by Crippen LogP contribution is -2.27. The minimum atomic E-state index is -0.584. The topological polar surface area (TPSA) is 97.1 Å². The predicted octanol–water partition coefficient (Wildman–Crippen LogP) is 5.35. The van der Waals surface area contributed by atoms with Crippen molar-refractivity contribution in [3.8, 4) is 34.5 Å². The second-order valence-electron chi connectivity index (χ2n) is 7.92. The Morgan fingerprint density at radius 2 is 1.87 bits per heavy atom. The molecule has 3 rings (SSSR count). The van der Waals surface area contributed by atoms with E-state index in [2.05, 4.69) is 21.4 Å². The number of carbonyl (C=O) groups is 1. The third-order valence-electron chi connectivity index (χ3n) is 4.38. The summed E-state index contributed by atoms with van der Waals surface area (Å²) in [6.07, 6.45) is 1.17. The predicted molar refractivity (Wildman–Crippen MR) is 119 cm³/mol. The molecule has 0 saturated heterocycles. The van der Waals surface area contributed by atoms with Crippen LogP contribution in [0.2, 0.25) is 0 Å². The first-order valence-corrected chi connectivity index (χ1v) is 9.73. The van der Waals surface area contributed by atoms with Gasteiger partial charge in [0.05, 0.1) is 18.5 Å². The average molecular weight is 416 g/mol. The fourth-order valence-electron chi connectivity index (χ4n) is 3.03. The van der Waals surface area contributed by atoms with E-state index >= 15 is 0 Å². The molecule has 3 aromatic rings. The number of hydrogen-bond acceptors (Lipinski definition) is 6. The van der Waals surface area contributed by atoms with E-state index in [9.17, 15) is 10.1 Å². The van der Waals surface area contributed by atoms with E-state index < -0.39 is 11.7 Å². The lowest BCUT2D eigenvalue weighted by molar-refractivity contribution is 0.0636. The monoisotopic (exact) mass is 416 g/mol. The van der Waals surface area contributed by atoms with Crippen LogP contribution in [0.3, 0.4) is 0 Å². The van der Waals surface area contributed by atoms with Crippen molar-refractivity contribution in [2.75, 3.05) is 12.4 Å². The molecule has 0 unspecified atom stereocenters. The normalized spacial score (nSPS) is 10.8. The Bertz CT molecular complexity index is 1140. The number of nitrogens with zero attached hydrogens (tertiary/aromatic N) is 3. The van der Waals surface area contributed by atoms with E-state index in [1.54, 1.807) is 39.1 Å². The molecule has 0 fully saturated rings. The van der Waals surface area contributed by atoms with Gasteiger partial charge in [0, 0.05) is 17.4 Å². The number of aromatic nitrogens is 2. The van der Waals surface area contributed by atoms with Gasteiger partial charge in [-0.2, -0.15) is 5.26 Å². The number of amides is 1. The van der Waals surface area contributed by atoms with E-state index in [4.69, 9.17) is 9.47 Å². The quantitative estimate of drug-likeness (QED) is 0.616. The molecule has 0 radical (unpaired) electrons. The van der Waals surface area contributed by atoms with Crippen LogP contribution in [0.25, 0.3) is 22.5 Å². The molecule has 0 atom stereocenters. The Hall–Kier alpha value is -3.92. The van der Waals surface area contributed by atoms with Gasteiger partial charge in [-0.1, -0.05) is 18.2 Å². The second kappa shape index (κ2) is 8.84. The van der Waals surface area contributed by atoms with Gasteiger partial charge in [0.25, 0.3) is 0 Å². The number of methoxy groups -OCH3 is 1. The highest BCUT2D eigenvalue weighted by Crippen LogP contribution is 2.34. The highest BCUT2D eigenvalue weighted by molar-refractivity contribution is 5.86. The molecule has 0 saturated carbocycles. The second-order valence-corrected chi connectivity index (χ2v) is 7.92. The summed E-state index contributed by atoms with van der Waals surface area (Å²) in [6.45, 7) is 7.36. The van der Waals surface area contributed by atoms with Crippen molar-refractivity contribution in [1.82, 2.24) is 9.97 Å². The molecular weight excluding hydrogens is 392 g/mol. The number of benzene rings is 1. The maximum Gasteiger partial charge on any atom is 0.412 e. The lowest BCUT2D eigenvalue weighted by atomic mass is 9.99. The summed E-state index contributed by atoms with van der Waals surface area (Å²) < 4.78 is 10.7. The van der Waals surface area contributed by atoms with Gasteiger partial charge in [-0.15, -0.1) is 0 Å². The van der Waals surface area contributed by atoms with Gasteiger partial charge in [0.1, 0.15) is 17.2 Å². The average Bonchev–Trinajstić information content (AvgIpc) is 2.72. The van der Waals surface area contributed by atoms with Gasteiger partial charge >= 0.3 is 6.09 Å². The summed E-state index contributed by atoms with van der Waals surface area (Å²) in [5.41, 5.74) is 4.06. The SMILES string of the molecule is COc1nc(-c2ncccc2C)cc(-c2ccc(NC(=O)OC(C)(C)C)cc2)c1C#N. The van der Waals surface area contributed by atoms with Gasteiger partial charge in [-0.25, -0.2) is 9.78 Å². The third-order valence-corrected chi connectivity index (χ3v) is 4.38. The molecule has 0 aliphatic rings. The van der Waals surface area contributed by atoms with Crippen molar-refractivity contribution in [2.45, 2.75) is 33.3 Å². The van der Waals surface area contributed by atoms with Gasteiger partial charge < -0.3 is 9.47 Å². The molecule has 0 spiro atoms. The molecule has 158 valence electrons. The molecule has 2 heterocycles. The number of rotatable bonds is 4. The molecular formula is C24H24N4O3. The standard InChI is InChI=1S/C24H24N4O3/c1-15-7-6-12-26-21(15)20-13-18(19(14-25)22(28-20)30-5)16-8-10-17(11-9-16)27-23(29)31-24(2,3)4/h6-13H,1-5H3,(H,27,29). The van der Waals surface area contributed by atoms with Crippen LogP contribution in [0.1, 0.15) is 31.9 Å². The Balaban J connectivity index is 2.00. The van der Waals surface area contributed by atoms with E-state index in [1.165, 1.54) is 7.11 Å². The zero-order valence-electron chi connectivity index (χ0n) is 18.2. The van der Waals surface area contributed by atoms with Gasteiger partial charge in [0.15, 0.2) is 0 Å². The number of ether oxygens (including phenoxy) is 2. The summed E-state index contributed by atoms with van der Waals surface area (Å²) in [6, 6.07) is 14.9. The number of nitrogens with one attached hydrogen (secondary N) is 1. The van der Waals surface area contributed by atoms with Crippen LogP contribution in [0.15, 0.2) is 48.7 Å². The van der Waals surface area contributed by atoms with Gasteiger partial charge in [-0.05, 0) is 63.1 Å². The molecule has 7 heteroatoms. The van der Waals surface area contributed by atoms with Crippen LogP contribution >= 0.6 is 0 Å². The summed E-state index contributed by atoms with van der Waals surface area (Å²) in [7, 11) is 1.48. The summed E-state index contributed by atoms with van der Waals surface area (Å²) in [5.74, 6) is 0.232. The van der Waals surface area contributed by atoms with E-state index in [1.807, 2.05) is 37.3 Å².